The Morgan fingerprint density at radius 3 is 2.63 bits per heavy atom. The lowest BCUT2D eigenvalue weighted by molar-refractivity contribution is 0.306. The zero-order valence-corrected chi connectivity index (χ0v) is 17.3. The van der Waals surface area contributed by atoms with Gasteiger partial charge in [0, 0.05) is 37.3 Å². The van der Waals surface area contributed by atoms with Crippen LogP contribution in [0.15, 0.2) is 41.3 Å². The average Bonchev–Trinajstić information content (AvgIpc) is 3.22. The first kappa shape index (κ1) is 21.8. The number of hydrogen-bond donors (Lipinski definition) is 0. The molecule has 7 nitrogen and oxygen atoms in total. The van der Waals surface area contributed by atoms with Gasteiger partial charge in [-0.2, -0.15) is 9.57 Å². The van der Waals surface area contributed by atoms with Crippen molar-refractivity contribution in [2.24, 2.45) is 0 Å². The number of benzene rings is 2. The number of methoxy groups -OCH3 is 2. The van der Waals surface area contributed by atoms with Gasteiger partial charge in [0.15, 0.2) is 17.8 Å². The fraction of sp³-hybridized carbons (Fsp3) is 0.350. The van der Waals surface area contributed by atoms with E-state index in [4.69, 9.17) is 14.7 Å². The number of ether oxygens (including phenoxy) is 2. The van der Waals surface area contributed by atoms with E-state index < -0.39 is 34.2 Å². The van der Waals surface area contributed by atoms with Gasteiger partial charge in [-0.3, -0.25) is 0 Å². The van der Waals surface area contributed by atoms with E-state index >= 15 is 0 Å². The molecule has 0 amide bonds. The van der Waals surface area contributed by atoms with Crippen LogP contribution in [0.2, 0.25) is 0 Å². The van der Waals surface area contributed by atoms with Gasteiger partial charge in [0.05, 0.1) is 14.2 Å². The third kappa shape index (κ3) is 4.17. The summed E-state index contributed by atoms with van der Waals surface area (Å²) in [6.45, 7) is 0.128. The van der Waals surface area contributed by atoms with E-state index in [9.17, 15) is 17.2 Å². The van der Waals surface area contributed by atoms with Gasteiger partial charge in [-0.1, -0.05) is 12.1 Å². The molecule has 30 heavy (non-hydrogen) atoms. The molecule has 2 aromatic carbocycles. The van der Waals surface area contributed by atoms with Gasteiger partial charge in [-0.25, -0.2) is 17.2 Å². The smallest absolute Gasteiger partial charge is 0.247 e. The summed E-state index contributed by atoms with van der Waals surface area (Å²) in [5, 5.41) is 9.17. The minimum Gasteiger partial charge on any atom is -0.497 e. The molecule has 0 spiro atoms. The van der Waals surface area contributed by atoms with Crippen molar-refractivity contribution in [3.63, 3.8) is 0 Å². The summed E-state index contributed by atoms with van der Waals surface area (Å²) < 4.78 is 66.8. The highest BCUT2D eigenvalue weighted by atomic mass is 32.2. The molecule has 1 aliphatic rings. The molecule has 10 heteroatoms. The number of hydrogen-bond acceptors (Lipinski definition) is 6. The number of sulfonamides is 1. The second-order valence-corrected chi connectivity index (χ2v) is 8.63. The molecule has 1 fully saturated rings. The van der Waals surface area contributed by atoms with Crippen molar-refractivity contribution >= 4 is 10.0 Å². The second kappa shape index (κ2) is 8.85. The molecule has 0 aromatic heterocycles. The Bertz CT molecular complexity index is 1070. The first-order valence-corrected chi connectivity index (χ1v) is 10.6. The molecule has 1 saturated heterocycles. The maximum Gasteiger partial charge on any atom is 0.247 e. The lowest BCUT2D eigenvalue weighted by Crippen LogP contribution is -2.41. The van der Waals surface area contributed by atoms with Crippen LogP contribution in [0.5, 0.6) is 11.5 Å². The molecule has 0 bridgehead atoms. The van der Waals surface area contributed by atoms with Crippen molar-refractivity contribution in [3.05, 3.63) is 53.6 Å². The molecule has 1 heterocycles. The van der Waals surface area contributed by atoms with E-state index in [2.05, 4.69) is 0 Å². The van der Waals surface area contributed by atoms with Crippen LogP contribution in [-0.4, -0.2) is 51.0 Å². The third-order valence-electron chi connectivity index (χ3n) is 5.03. The van der Waals surface area contributed by atoms with E-state index in [1.807, 2.05) is 6.19 Å². The van der Waals surface area contributed by atoms with Gasteiger partial charge >= 0.3 is 0 Å². The molecule has 1 aliphatic heterocycles. The van der Waals surface area contributed by atoms with E-state index in [0.29, 0.717) is 18.7 Å². The molecule has 0 aliphatic carbocycles. The highest BCUT2D eigenvalue weighted by Crippen LogP contribution is 2.34. The Balaban J connectivity index is 2.09. The number of nitriles is 1. The van der Waals surface area contributed by atoms with Crippen LogP contribution in [0, 0.1) is 23.1 Å². The van der Waals surface area contributed by atoms with E-state index in [1.54, 1.807) is 6.07 Å². The predicted molar refractivity (Wildman–Crippen MR) is 104 cm³/mol. The van der Waals surface area contributed by atoms with E-state index in [1.165, 1.54) is 43.4 Å². The van der Waals surface area contributed by atoms with Gasteiger partial charge in [0.1, 0.15) is 16.4 Å². The summed E-state index contributed by atoms with van der Waals surface area (Å²) in [6, 6.07) is 7.36. The minimum atomic E-state index is -4.22. The number of rotatable bonds is 7. The lowest BCUT2D eigenvalue weighted by atomic mass is 10.2. The summed E-state index contributed by atoms with van der Waals surface area (Å²) in [7, 11) is -1.48. The van der Waals surface area contributed by atoms with Crippen molar-refractivity contribution in [1.82, 2.24) is 9.21 Å². The normalized spacial score (nSPS) is 16.5. The molecule has 160 valence electrons. The highest BCUT2D eigenvalue weighted by molar-refractivity contribution is 7.89. The van der Waals surface area contributed by atoms with Gasteiger partial charge < -0.3 is 14.4 Å². The molecule has 2 aromatic rings. The van der Waals surface area contributed by atoms with Crippen LogP contribution < -0.4 is 9.47 Å². The molecule has 3 rings (SSSR count). The summed E-state index contributed by atoms with van der Waals surface area (Å²) in [6.07, 6.45) is 2.37. The minimum absolute atomic E-state index is 0.0932. The SMILES string of the molecule is COc1ccc(OC)c(S(=O)(=O)N(Cc2cccc(F)c2F)C2CCN(C#N)C2)c1. The van der Waals surface area contributed by atoms with Crippen LogP contribution in [0.25, 0.3) is 0 Å². The molecular formula is C20H21F2N3O4S. The van der Waals surface area contributed by atoms with Crippen molar-refractivity contribution < 1.29 is 26.7 Å². The van der Waals surface area contributed by atoms with Crippen LogP contribution >= 0.6 is 0 Å². The quantitative estimate of drug-likeness (QED) is 0.620. The summed E-state index contributed by atoms with van der Waals surface area (Å²) in [5.41, 5.74) is -0.101. The number of nitrogens with zero attached hydrogens (tertiary/aromatic N) is 3. The van der Waals surface area contributed by atoms with Crippen molar-refractivity contribution in [2.75, 3.05) is 27.3 Å². The Hall–Kier alpha value is -2.90. The monoisotopic (exact) mass is 437 g/mol. The van der Waals surface area contributed by atoms with Crippen LogP contribution in [0.4, 0.5) is 8.78 Å². The molecule has 0 saturated carbocycles. The first-order chi connectivity index (χ1) is 14.3. The van der Waals surface area contributed by atoms with Crippen LogP contribution in [-0.2, 0) is 16.6 Å². The number of likely N-dealkylation sites (tertiary alicyclic amines) is 1. The van der Waals surface area contributed by atoms with Gasteiger partial charge in [-0.15, -0.1) is 0 Å². The maximum atomic E-state index is 14.3. The van der Waals surface area contributed by atoms with E-state index in [0.717, 1.165) is 10.4 Å². The van der Waals surface area contributed by atoms with Gasteiger partial charge in [0.25, 0.3) is 0 Å². The van der Waals surface area contributed by atoms with Crippen molar-refractivity contribution in [1.29, 1.82) is 5.26 Å². The molecular weight excluding hydrogens is 416 g/mol. The summed E-state index contributed by atoms with van der Waals surface area (Å²) in [5.74, 6) is -1.77. The van der Waals surface area contributed by atoms with Crippen molar-refractivity contribution in [3.8, 4) is 17.7 Å². The fourth-order valence-corrected chi connectivity index (χ4v) is 5.23. The summed E-state index contributed by atoms with van der Waals surface area (Å²) in [4.78, 5) is 1.27. The largest absolute Gasteiger partial charge is 0.497 e. The Kier molecular flexibility index (Phi) is 6.43. The zero-order chi connectivity index (χ0) is 21.9. The first-order valence-electron chi connectivity index (χ1n) is 9.13. The molecule has 1 unspecified atom stereocenters. The fourth-order valence-electron chi connectivity index (χ4n) is 3.43. The maximum absolute atomic E-state index is 14.3. The van der Waals surface area contributed by atoms with Gasteiger partial charge in [0.2, 0.25) is 10.0 Å². The topological polar surface area (TPSA) is 82.9 Å². The Morgan fingerprint density at radius 2 is 2.00 bits per heavy atom. The molecule has 0 N–H and O–H groups in total. The lowest BCUT2D eigenvalue weighted by Gasteiger charge is -2.29. The standard InChI is InChI=1S/C20H21F2N3O4S/c1-28-16-6-7-18(29-2)19(10-16)30(26,27)25(15-8-9-24(12-15)13-23)11-14-4-3-5-17(21)20(14)22/h3-7,10,15H,8-9,11-12H2,1-2H3. The average molecular weight is 437 g/mol. The molecule has 1 atom stereocenters. The van der Waals surface area contributed by atoms with Crippen LogP contribution in [0.1, 0.15) is 12.0 Å². The predicted octanol–water partition coefficient (Wildman–Crippen LogP) is 2.73. The van der Waals surface area contributed by atoms with Crippen molar-refractivity contribution in [2.45, 2.75) is 23.9 Å². The zero-order valence-electron chi connectivity index (χ0n) is 16.5. The van der Waals surface area contributed by atoms with Crippen LogP contribution in [0.3, 0.4) is 0 Å². The van der Waals surface area contributed by atoms with E-state index in [-0.39, 0.29) is 22.8 Å². The Morgan fingerprint density at radius 1 is 1.23 bits per heavy atom. The summed E-state index contributed by atoms with van der Waals surface area (Å²) >= 11 is 0. The Labute approximate surface area is 174 Å². The third-order valence-corrected chi connectivity index (χ3v) is 6.95. The second-order valence-electron chi connectivity index (χ2n) is 6.77. The molecule has 0 radical (unpaired) electrons. The highest BCUT2D eigenvalue weighted by Gasteiger charge is 2.38. The number of halogens is 2. The van der Waals surface area contributed by atoms with Gasteiger partial charge in [-0.05, 0) is 24.6 Å².